The van der Waals surface area contributed by atoms with Gasteiger partial charge in [0.1, 0.15) is 11.6 Å². The van der Waals surface area contributed by atoms with Crippen LogP contribution in [0.5, 0.6) is 0 Å². The van der Waals surface area contributed by atoms with E-state index in [1.54, 1.807) is 6.07 Å². The SMILES string of the molecule is Cc1noc(-c2ccc(S(=O)(=O)NCc3nnc4n3CCC4)o2)c1C. The molecule has 0 saturated heterocycles. The van der Waals surface area contributed by atoms with Crippen LogP contribution in [0.3, 0.4) is 0 Å². The highest BCUT2D eigenvalue weighted by molar-refractivity contribution is 7.89. The van der Waals surface area contributed by atoms with E-state index in [0.717, 1.165) is 36.5 Å². The molecule has 132 valence electrons. The number of furan rings is 1. The predicted octanol–water partition coefficient (Wildman–Crippen LogP) is 1.57. The summed E-state index contributed by atoms with van der Waals surface area (Å²) in [6, 6.07) is 2.94. The molecule has 0 aliphatic carbocycles. The minimum Gasteiger partial charge on any atom is -0.440 e. The molecule has 0 atom stereocenters. The summed E-state index contributed by atoms with van der Waals surface area (Å²) in [5.74, 6) is 2.24. The van der Waals surface area contributed by atoms with Crippen LogP contribution in [-0.4, -0.2) is 28.3 Å². The second-order valence-electron chi connectivity index (χ2n) is 5.95. The maximum absolute atomic E-state index is 12.5. The average Bonchev–Trinajstić information content (AvgIpc) is 3.32. The first-order chi connectivity index (χ1) is 12.0. The summed E-state index contributed by atoms with van der Waals surface area (Å²) >= 11 is 0. The molecule has 25 heavy (non-hydrogen) atoms. The predicted molar refractivity (Wildman–Crippen MR) is 86.0 cm³/mol. The van der Waals surface area contributed by atoms with Gasteiger partial charge in [-0.2, -0.15) is 0 Å². The summed E-state index contributed by atoms with van der Waals surface area (Å²) in [7, 11) is -3.81. The van der Waals surface area contributed by atoms with Crippen LogP contribution in [0.2, 0.25) is 0 Å². The molecule has 4 rings (SSSR count). The van der Waals surface area contributed by atoms with E-state index in [1.165, 1.54) is 6.07 Å². The third-order valence-corrected chi connectivity index (χ3v) is 5.61. The highest BCUT2D eigenvalue weighted by Crippen LogP contribution is 2.28. The van der Waals surface area contributed by atoms with Crippen LogP contribution in [0.1, 0.15) is 29.3 Å². The number of hydrogen-bond donors (Lipinski definition) is 1. The van der Waals surface area contributed by atoms with E-state index < -0.39 is 10.0 Å². The maximum atomic E-state index is 12.5. The molecule has 4 heterocycles. The van der Waals surface area contributed by atoms with Crippen LogP contribution in [-0.2, 0) is 29.5 Å². The number of rotatable bonds is 5. The van der Waals surface area contributed by atoms with Gasteiger partial charge in [0.15, 0.2) is 5.76 Å². The lowest BCUT2D eigenvalue weighted by Gasteiger charge is -2.05. The number of nitrogens with one attached hydrogen (secondary N) is 1. The van der Waals surface area contributed by atoms with Gasteiger partial charge in [-0.3, -0.25) is 0 Å². The van der Waals surface area contributed by atoms with Crippen LogP contribution in [0.4, 0.5) is 0 Å². The number of sulfonamides is 1. The van der Waals surface area contributed by atoms with Gasteiger partial charge in [-0.05, 0) is 32.4 Å². The first-order valence-electron chi connectivity index (χ1n) is 7.89. The molecule has 0 fully saturated rings. The fourth-order valence-electron chi connectivity index (χ4n) is 2.80. The molecule has 10 heteroatoms. The highest BCUT2D eigenvalue weighted by Gasteiger charge is 2.24. The number of fused-ring (bicyclic) bond motifs is 1. The van der Waals surface area contributed by atoms with Gasteiger partial charge in [0, 0.05) is 18.5 Å². The van der Waals surface area contributed by atoms with Crippen molar-refractivity contribution < 1.29 is 17.4 Å². The molecule has 1 N–H and O–H groups in total. The lowest BCUT2D eigenvalue weighted by molar-refractivity contribution is 0.397. The third kappa shape index (κ3) is 2.76. The van der Waals surface area contributed by atoms with Crippen molar-refractivity contribution in [1.29, 1.82) is 0 Å². The van der Waals surface area contributed by atoms with Crippen molar-refractivity contribution in [3.8, 4) is 11.5 Å². The third-order valence-electron chi connectivity index (χ3n) is 4.33. The van der Waals surface area contributed by atoms with Crippen molar-refractivity contribution in [2.24, 2.45) is 0 Å². The van der Waals surface area contributed by atoms with E-state index in [4.69, 9.17) is 8.94 Å². The standard InChI is InChI=1S/C15H17N5O4S/c1-9-10(2)19-24-15(9)11-5-6-14(23-11)25(21,22)16-8-13-18-17-12-4-3-7-20(12)13/h5-6,16H,3-4,7-8H2,1-2H3. The summed E-state index contributed by atoms with van der Waals surface area (Å²) in [5.41, 5.74) is 1.54. The van der Waals surface area contributed by atoms with Gasteiger partial charge in [0.2, 0.25) is 10.9 Å². The van der Waals surface area contributed by atoms with Gasteiger partial charge in [-0.1, -0.05) is 5.16 Å². The summed E-state index contributed by atoms with van der Waals surface area (Å²) < 4.78 is 40.0. The van der Waals surface area contributed by atoms with Crippen molar-refractivity contribution in [1.82, 2.24) is 24.6 Å². The Kier molecular flexibility index (Phi) is 3.73. The molecule has 0 spiro atoms. The minimum atomic E-state index is -3.81. The lowest BCUT2D eigenvalue weighted by Crippen LogP contribution is -2.24. The van der Waals surface area contributed by atoms with Crippen LogP contribution in [0, 0.1) is 13.8 Å². The molecular weight excluding hydrogens is 346 g/mol. The largest absolute Gasteiger partial charge is 0.440 e. The molecule has 0 bridgehead atoms. The van der Waals surface area contributed by atoms with E-state index in [1.807, 2.05) is 18.4 Å². The van der Waals surface area contributed by atoms with E-state index in [9.17, 15) is 8.42 Å². The highest BCUT2D eigenvalue weighted by atomic mass is 32.2. The van der Waals surface area contributed by atoms with Crippen LogP contribution >= 0.6 is 0 Å². The smallest absolute Gasteiger partial charge is 0.274 e. The van der Waals surface area contributed by atoms with E-state index in [2.05, 4.69) is 20.1 Å². The van der Waals surface area contributed by atoms with Gasteiger partial charge < -0.3 is 13.5 Å². The topological polar surface area (TPSA) is 116 Å². The Hall–Kier alpha value is -2.46. The second-order valence-corrected chi connectivity index (χ2v) is 7.65. The fourth-order valence-corrected chi connectivity index (χ4v) is 3.71. The maximum Gasteiger partial charge on any atom is 0.274 e. The second kappa shape index (κ2) is 5.81. The van der Waals surface area contributed by atoms with Crippen molar-refractivity contribution in [3.63, 3.8) is 0 Å². The van der Waals surface area contributed by atoms with Gasteiger partial charge in [0.25, 0.3) is 10.0 Å². The fraction of sp³-hybridized carbons (Fsp3) is 0.400. The van der Waals surface area contributed by atoms with Gasteiger partial charge in [0.05, 0.1) is 12.2 Å². The molecule has 9 nitrogen and oxygen atoms in total. The lowest BCUT2D eigenvalue weighted by atomic mass is 10.2. The summed E-state index contributed by atoms with van der Waals surface area (Å²) in [5, 5.41) is 11.8. The Morgan fingerprint density at radius 1 is 1.28 bits per heavy atom. The Balaban J connectivity index is 1.53. The normalized spacial score (nSPS) is 14.2. The zero-order valence-corrected chi connectivity index (χ0v) is 14.6. The van der Waals surface area contributed by atoms with E-state index >= 15 is 0 Å². The average molecular weight is 363 g/mol. The van der Waals surface area contributed by atoms with Crippen molar-refractivity contribution in [3.05, 3.63) is 35.0 Å². The molecule has 0 radical (unpaired) electrons. The number of hydrogen-bond acceptors (Lipinski definition) is 7. The molecule has 0 aromatic carbocycles. The molecule has 1 aliphatic heterocycles. The minimum absolute atomic E-state index is 0.0613. The molecule has 1 aliphatic rings. The zero-order valence-electron chi connectivity index (χ0n) is 13.8. The van der Waals surface area contributed by atoms with Crippen molar-refractivity contribution in [2.45, 2.75) is 44.9 Å². The molecule has 0 saturated carbocycles. The van der Waals surface area contributed by atoms with Crippen molar-refractivity contribution >= 4 is 10.0 Å². The van der Waals surface area contributed by atoms with Gasteiger partial charge in [-0.25, -0.2) is 13.1 Å². The molecular formula is C15H17N5O4S. The van der Waals surface area contributed by atoms with E-state index in [0.29, 0.717) is 17.3 Å². The zero-order chi connectivity index (χ0) is 17.6. The summed E-state index contributed by atoms with van der Waals surface area (Å²) in [6.45, 7) is 4.52. The van der Waals surface area contributed by atoms with Crippen LogP contribution in [0.15, 0.2) is 26.2 Å². The Bertz CT molecular complexity index is 1030. The number of aromatic nitrogens is 4. The van der Waals surface area contributed by atoms with E-state index in [-0.39, 0.29) is 11.6 Å². The molecule has 0 amide bonds. The monoisotopic (exact) mass is 363 g/mol. The Morgan fingerprint density at radius 2 is 2.12 bits per heavy atom. The molecule has 3 aromatic rings. The quantitative estimate of drug-likeness (QED) is 0.731. The first kappa shape index (κ1) is 16.0. The van der Waals surface area contributed by atoms with Crippen LogP contribution in [0.25, 0.3) is 11.5 Å². The van der Waals surface area contributed by atoms with Crippen LogP contribution < -0.4 is 4.72 Å². The number of nitrogens with zero attached hydrogens (tertiary/aromatic N) is 4. The summed E-state index contributed by atoms with van der Waals surface area (Å²) in [6.07, 6.45) is 1.87. The first-order valence-corrected chi connectivity index (χ1v) is 9.38. The van der Waals surface area contributed by atoms with Crippen molar-refractivity contribution in [2.75, 3.05) is 0 Å². The van der Waals surface area contributed by atoms with Gasteiger partial charge >= 0.3 is 0 Å². The van der Waals surface area contributed by atoms with Gasteiger partial charge in [-0.15, -0.1) is 10.2 Å². The number of aryl methyl sites for hydroxylation is 2. The Morgan fingerprint density at radius 3 is 2.88 bits per heavy atom. The Labute approximate surface area is 144 Å². The molecule has 3 aromatic heterocycles. The summed E-state index contributed by atoms with van der Waals surface area (Å²) in [4.78, 5) is 0. The molecule has 0 unspecified atom stereocenters.